The molecule has 0 aromatic heterocycles. The van der Waals surface area contributed by atoms with Crippen LogP contribution in [0.4, 0.5) is 11.4 Å². The van der Waals surface area contributed by atoms with Gasteiger partial charge in [0.05, 0.1) is 24.1 Å². The van der Waals surface area contributed by atoms with E-state index in [2.05, 4.69) is 105 Å². The Morgan fingerprint density at radius 1 is 1.18 bits per heavy atom. The van der Waals surface area contributed by atoms with Crippen LogP contribution in [0.2, 0.25) is 0 Å². The molecule has 1 aromatic carbocycles. The van der Waals surface area contributed by atoms with Gasteiger partial charge in [0.15, 0.2) is 0 Å². The number of ether oxygens (including phenoxy) is 1. The average Bonchev–Trinajstić information content (AvgIpc) is 3.31. The second-order valence-corrected chi connectivity index (χ2v) is 11.7. The van der Waals surface area contributed by atoms with Gasteiger partial charge in [0.2, 0.25) is 0 Å². The van der Waals surface area contributed by atoms with Crippen molar-refractivity contribution in [2.45, 2.75) is 92.4 Å². The molecule has 4 atom stereocenters. The number of anilines is 2. The van der Waals surface area contributed by atoms with Crippen molar-refractivity contribution < 1.29 is 4.74 Å². The summed E-state index contributed by atoms with van der Waals surface area (Å²) < 4.78 is 6.26. The highest BCUT2D eigenvalue weighted by molar-refractivity contribution is 5.70. The molecule has 3 rings (SSSR count). The zero-order chi connectivity index (χ0) is 27.9. The molecule has 5 nitrogen and oxygen atoms in total. The molecule has 0 spiro atoms. The first-order valence-electron chi connectivity index (χ1n) is 14.9. The number of rotatable bonds is 14. The topological polar surface area (TPSA) is 48.6 Å². The summed E-state index contributed by atoms with van der Waals surface area (Å²) in [6.45, 7) is 19.6. The monoisotopic (exact) mass is 524 g/mol. The number of allylic oxidation sites excluding steroid dienone is 3. The van der Waals surface area contributed by atoms with Crippen molar-refractivity contribution in [3.63, 3.8) is 0 Å². The van der Waals surface area contributed by atoms with Gasteiger partial charge in [0, 0.05) is 25.8 Å². The first kappa shape index (κ1) is 32.0. The molecule has 1 fully saturated rings. The van der Waals surface area contributed by atoms with Crippen LogP contribution in [0.5, 0.6) is 0 Å². The maximum Gasteiger partial charge on any atom is 0.131 e. The van der Waals surface area contributed by atoms with Crippen LogP contribution in [0.15, 0.2) is 60.3 Å². The van der Waals surface area contributed by atoms with E-state index < -0.39 is 0 Å². The van der Waals surface area contributed by atoms with Crippen LogP contribution >= 0.6 is 0 Å². The molecule has 0 saturated carbocycles. The minimum atomic E-state index is 0.110. The van der Waals surface area contributed by atoms with Crippen molar-refractivity contribution in [3.8, 4) is 0 Å². The van der Waals surface area contributed by atoms with Gasteiger partial charge in [-0.15, -0.1) is 0 Å². The fourth-order valence-corrected chi connectivity index (χ4v) is 5.12. The molecule has 4 unspecified atom stereocenters. The first-order valence-corrected chi connectivity index (χ1v) is 14.9. The quantitative estimate of drug-likeness (QED) is 0.218. The van der Waals surface area contributed by atoms with Crippen LogP contribution in [0.25, 0.3) is 0 Å². The predicted molar refractivity (Wildman–Crippen MR) is 167 cm³/mol. The van der Waals surface area contributed by atoms with E-state index in [9.17, 15) is 0 Å². The summed E-state index contributed by atoms with van der Waals surface area (Å²) in [6, 6.07) is 8.50. The molecular formula is C33H56N4O. The summed E-state index contributed by atoms with van der Waals surface area (Å²) in [6.07, 6.45) is 14.6. The number of hydrogen-bond acceptors (Lipinski definition) is 5. The van der Waals surface area contributed by atoms with E-state index in [0.717, 1.165) is 62.2 Å². The standard InChI is InChI=1S/C29H46N4O.C4H10/c1-6-24(16-17-32-22(2)3)18-25-10-9-11-26(19-25)20-31-21-33(29-15-14-23(4)34-29)28-13-8-7-12-27(28)30-5;1-4(2)3/h7-9,11-13,19,23-25,29-32H,2,6,10,14-18,20-21H2,1,3-5H3;4H,1-3H3. The molecule has 3 N–H and O–H groups in total. The fraction of sp³-hybridized carbons (Fsp3) is 0.636. The van der Waals surface area contributed by atoms with E-state index in [1.54, 1.807) is 0 Å². The highest BCUT2D eigenvalue weighted by Gasteiger charge is 2.28. The van der Waals surface area contributed by atoms with Crippen molar-refractivity contribution in [2.24, 2.45) is 17.8 Å². The van der Waals surface area contributed by atoms with Gasteiger partial charge in [-0.1, -0.05) is 71.1 Å². The third-order valence-electron chi connectivity index (χ3n) is 7.06. The van der Waals surface area contributed by atoms with Gasteiger partial charge >= 0.3 is 0 Å². The van der Waals surface area contributed by atoms with Crippen LogP contribution in [-0.4, -0.2) is 39.1 Å². The molecule has 5 heteroatoms. The molecule has 0 bridgehead atoms. The van der Waals surface area contributed by atoms with Crippen molar-refractivity contribution in [2.75, 3.05) is 37.0 Å². The molecule has 1 aromatic rings. The molecule has 1 aliphatic carbocycles. The summed E-state index contributed by atoms with van der Waals surface area (Å²) in [5, 5.41) is 10.4. The predicted octanol–water partition coefficient (Wildman–Crippen LogP) is 7.70. The lowest BCUT2D eigenvalue weighted by Crippen LogP contribution is -2.43. The molecule has 1 saturated heterocycles. The largest absolute Gasteiger partial charge is 0.389 e. The number of para-hydroxylation sites is 2. The van der Waals surface area contributed by atoms with Crippen molar-refractivity contribution in [3.05, 3.63) is 60.3 Å². The SMILES string of the molecule is C=C(C)NCCC(CC)CC1C=C(CNCN(c2ccccc2NC)C2CCC(C)O2)C=CC1.CC(C)C. The van der Waals surface area contributed by atoms with Crippen molar-refractivity contribution in [1.29, 1.82) is 0 Å². The van der Waals surface area contributed by atoms with E-state index >= 15 is 0 Å². The van der Waals surface area contributed by atoms with Gasteiger partial charge < -0.3 is 20.3 Å². The van der Waals surface area contributed by atoms with E-state index in [1.807, 2.05) is 14.0 Å². The maximum absolute atomic E-state index is 6.26. The average molecular weight is 525 g/mol. The van der Waals surface area contributed by atoms with Gasteiger partial charge in [-0.05, 0) is 81.4 Å². The molecule has 0 radical (unpaired) electrons. The number of hydrogen-bond donors (Lipinski definition) is 3. The molecule has 2 aliphatic rings. The lowest BCUT2D eigenvalue weighted by Gasteiger charge is -2.32. The molecule has 0 amide bonds. The first-order chi connectivity index (χ1) is 18.2. The zero-order valence-corrected chi connectivity index (χ0v) is 25.4. The summed E-state index contributed by atoms with van der Waals surface area (Å²) in [5.74, 6) is 2.22. The third kappa shape index (κ3) is 11.7. The molecule has 38 heavy (non-hydrogen) atoms. The zero-order valence-electron chi connectivity index (χ0n) is 25.4. The Bertz CT molecular complexity index is 875. The van der Waals surface area contributed by atoms with E-state index in [0.29, 0.717) is 12.0 Å². The molecule has 214 valence electrons. The van der Waals surface area contributed by atoms with Crippen molar-refractivity contribution in [1.82, 2.24) is 10.6 Å². The lowest BCUT2D eigenvalue weighted by atomic mass is 9.85. The molecule has 1 heterocycles. The Morgan fingerprint density at radius 3 is 2.55 bits per heavy atom. The van der Waals surface area contributed by atoms with E-state index in [1.165, 1.54) is 30.5 Å². The third-order valence-corrected chi connectivity index (χ3v) is 7.06. The number of nitrogens with zero attached hydrogens (tertiary/aromatic N) is 1. The van der Waals surface area contributed by atoms with E-state index in [-0.39, 0.29) is 6.23 Å². The normalized spacial score (nSPS) is 21.4. The smallest absolute Gasteiger partial charge is 0.131 e. The van der Waals surface area contributed by atoms with Crippen LogP contribution in [0.3, 0.4) is 0 Å². The van der Waals surface area contributed by atoms with Gasteiger partial charge in [0.1, 0.15) is 6.23 Å². The highest BCUT2D eigenvalue weighted by Crippen LogP contribution is 2.32. The minimum Gasteiger partial charge on any atom is -0.389 e. The van der Waals surface area contributed by atoms with Gasteiger partial charge in [0.25, 0.3) is 0 Å². The second kappa shape index (κ2) is 17.4. The minimum absolute atomic E-state index is 0.110. The Balaban J connectivity index is 0.00000118. The molecular weight excluding hydrogens is 468 g/mol. The summed E-state index contributed by atoms with van der Waals surface area (Å²) in [7, 11) is 1.98. The highest BCUT2D eigenvalue weighted by atomic mass is 16.5. The lowest BCUT2D eigenvalue weighted by molar-refractivity contribution is 0.0529. The number of benzene rings is 1. The Hall–Kier alpha value is -2.24. The summed E-state index contributed by atoms with van der Waals surface area (Å²) >= 11 is 0. The summed E-state index contributed by atoms with van der Waals surface area (Å²) in [5.41, 5.74) is 4.79. The van der Waals surface area contributed by atoms with Crippen LogP contribution < -0.4 is 20.9 Å². The van der Waals surface area contributed by atoms with Crippen LogP contribution in [0.1, 0.15) is 80.1 Å². The fourth-order valence-electron chi connectivity index (χ4n) is 5.12. The van der Waals surface area contributed by atoms with Gasteiger partial charge in [-0.25, -0.2) is 0 Å². The van der Waals surface area contributed by atoms with Crippen LogP contribution in [-0.2, 0) is 4.74 Å². The Labute approximate surface area is 234 Å². The Morgan fingerprint density at radius 2 is 1.92 bits per heavy atom. The Kier molecular flexibility index (Phi) is 14.6. The second-order valence-electron chi connectivity index (χ2n) is 11.7. The summed E-state index contributed by atoms with van der Waals surface area (Å²) in [4.78, 5) is 2.38. The van der Waals surface area contributed by atoms with Crippen molar-refractivity contribution >= 4 is 11.4 Å². The van der Waals surface area contributed by atoms with Crippen LogP contribution in [0, 0.1) is 17.8 Å². The molecule has 1 aliphatic heterocycles. The number of nitrogens with one attached hydrogen (secondary N) is 3. The maximum atomic E-state index is 6.26. The van der Waals surface area contributed by atoms with Gasteiger partial charge in [-0.2, -0.15) is 0 Å². The van der Waals surface area contributed by atoms with Gasteiger partial charge in [-0.3, -0.25) is 5.32 Å². The van der Waals surface area contributed by atoms with E-state index in [4.69, 9.17) is 4.74 Å².